The van der Waals surface area contributed by atoms with Crippen LogP contribution in [0.3, 0.4) is 0 Å². The number of rotatable bonds is 6. The number of hydrogen-bond acceptors (Lipinski definition) is 5. The van der Waals surface area contributed by atoms with Crippen molar-refractivity contribution in [2.45, 2.75) is 26.6 Å². The molecule has 0 fully saturated rings. The number of fused-ring (bicyclic) bond motifs is 1. The Kier molecular flexibility index (Phi) is 13.4. The van der Waals surface area contributed by atoms with E-state index in [1.54, 1.807) is 34.1 Å². The van der Waals surface area contributed by atoms with E-state index < -0.39 is 17.6 Å². The number of halogens is 3. The van der Waals surface area contributed by atoms with Crippen molar-refractivity contribution in [3.63, 3.8) is 0 Å². The van der Waals surface area contributed by atoms with Crippen LogP contribution in [-0.2, 0) is 12.7 Å². The third-order valence-electron chi connectivity index (χ3n) is 5.35. The van der Waals surface area contributed by atoms with E-state index in [1.165, 1.54) is 30.6 Å². The van der Waals surface area contributed by atoms with Crippen LogP contribution in [0.5, 0.6) is 0 Å². The van der Waals surface area contributed by atoms with Gasteiger partial charge in [0, 0.05) is 42.6 Å². The minimum absolute atomic E-state index is 0. The Bertz CT molecular complexity index is 1470. The molecular formula is C29H28F3KN6O-2. The van der Waals surface area contributed by atoms with Crippen LogP contribution in [-0.4, -0.2) is 43.2 Å². The monoisotopic (exact) mass is 572 g/mol. The number of nitrogens with one attached hydrogen (secondary N) is 1. The van der Waals surface area contributed by atoms with Crippen molar-refractivity contribution in [3.05, 3.63) is 110 Å². The van der Waals surface area contributed by atoms with Crippen LogP contribution >= 0.6 is 0 Å². The summed E-state index contributed by atoms with van der Waals surface area (Å²) in [5, 5.41) is 2.51. The Morgan fingerprint density at radius 3 is 2.48 bits per heavy atom. The second-order valence-electron chi connectivity index (χ2n) is 8.34. The van der Waals surface area contributed by atoms with Crippen LogP contribution in [0.4, 0.5) is 18.9 Å². The third-order valence-corrected chi connectivity index (χ3v) is 5.35. The van der Waals surface area contributed by atoms with Crippen molar-refractivity contribution in [3.8, 4) is 11.8 Å². The van der Waals surface area contributed by atoms with Gasteiger partial charge in [-0.2, -0.15) is 27.0 Å². The number of nitrogens with zero attached hydrogens (tertiary/aromatic N) is 5. The maximum Gasteiger partial charge on any atom is 1.00 e. The molecule has 0 radical (unpaired) electrons. The van der Waals surface area contributed by atoms with E-state index in [1.807, 2.05) is 20.3 Å². The summed E-state index contributed by atoms with van der Waals surface area (Å²) < 4.78 is 42.9. The fraction of sp³-hybridized carbons (Fsp3) is 0.207. The molecule has 11 heteroatoms. The van der Waals surface area contributed by atoms with Crippen LogP contribution in [0.25, 0.3) is 5.65 Å². The van der Waals surface area contributed by atoms with Gasteiger partial charge in [0.15, 0.2) is 5.65 Å². The molecule has 0 saturated carbocycles. The van der Waals surface area contributed by atoms with Crippen molar-refractivity contribution in [2.75, 3.05) is 18.4 Å². The summed E-state index contributed by atoms with van der Waals surface area (Å²) in [5.74, 6) is 5.29. The average Bonchev–Trinajstić information content (AvgIpc) is 3.34. The minimum Gasteiger partial charge on any atom is -0.359 e. The van der Waals surface area contributed by atoms with Gasteiger partial charge in [-0.05, 0) is 29.7 Å². The minimum atomic E-state index is -4.59. The number of pyridine rings is 1. The summed E-state index contributed by atoms with van der Waals surface area (Å²) >= 11 is 0. The molecule has 0 aliphatic heterocycles. The molecule has 3 heterocycles. The number of alkyl halides is 3. The number of amides is 1. The Labute approximate surface area is 275 Å². The molecule has 1 N–H and O–H groups in total. The summed E-state index contributed by atoms with van der Waals surface area (Å²) in [4.78, 5) is 26.7. The molecule has 0 spiro atoms. The molecule has 3 aromatic heterocycles. The van der Waals surface area contributed by atoms with Crippen molar-refractivity contribution in [1.82, 2.24) is 24.3 Å². The molecule has 0 bridgehead atoms. The smallest absolute Gasteiger partial charge is 0.359 e. The normalized spacial score (nSPS) is 10.7. The third kappa shape index (κ3) is 9.22. The Morgan fingerprint density at radius 2 is 1.80 bits per heavy atom. The number of aromatic nitrogens is 4. The van der Waals surface area contributed by atoms with Gasteiger partial charge >= 0.3 is 57.6 Å². The maximum atomic E-state index is 13.7. The van der Waals surface area contributed by atoms with Crippen molar-refractivity contribution in [2.24, 2.45) is 0 Å². The zero-order valence-corrected chi connectivity index (χ0v) is 25.8. The molecule has 4 rings (SSSR count). The van der Waals surface area contributed by atoms with E-state index in [4.69, 9.17) is 0 Å². The van der Waals surface area contributed by atoms with Gasteiger partial charge in [-0.3, -0.25) is 19.2 Å². The first kappa shape index (κ1) is 33.6. The van der Waals surface area contributed by atoms with E-state index in [-0.39, 0.29) is 74.7 Å². The zero-order chi connectivity index (χ0) is 28.4. The van der Waals surface area contributed by atoms with Gasteiger partial charge in [0.1, 0.15) is 5.69 Å². The van der Waals surface area contributed by atoms with E-state index in [9.17, 15) is 18.0 Å². The first-order chi connectivity index (χ1) is 18.7. The van der Waals surface area contributed by atoms with Crippen LogP contribution in [0.1, 0.15) is 46.6 Å². The zero-order valence-electron chi connectivity index (χ0n) is 22.7. The van der Waals surface area contributed by atoms with Crippen molar-refractivity contribution >= 4 is 17.2 Å². The summed E-state index contributed by atoms with van der Waals surface area (Å²) in [6.45, 7) is 12.1. The summed E-state index contributed by atoms with van der Waals surface area (Å²) in [5.41, 5.74) is 1.15. The van der Waals surface area contributed by atoms with Gasteiger partial charge < -0.3 is 30.5 Å². The first-order valence-electron chi connectivity index (χ1n) is 12.0. The Balaban J connectivity index is 0.00000134. The Morgan fingerprint density at radius 1 is 1.07 bits per heavy atom. The van der Waals surface area contributed by atoms with Gasteiger partial charge in [-0.15, -0.1) is 13.1 Å². The number of carbonyl (C=O) groups is 1. The second-order valence-corrected chi connectivity index (χ2v) is 8.34. The second kappa shape index (κ2) is 16.0. The number of imidazole rings is 1. The molecule has 0 aliphatic carbocycles. The van der Waals surface area contributed by atoms with E-state index >= 15 is 0 Å². The number of hydrogen-bond donors (Lipinski definition) is 1. The predicted octanol–water partition coefficient (Wildman–Crippen LogP) is 2.50. The first-order valence-corrected chi connectivity index (χ1v) is 12.0. The molecule has 1 aromatic carbocycles. The molecule has 0 aliphatic rings. The molecule has 1 amide bonds. The average molecular weight is 573 g/mol. The molecule has 0 saturated heterocycles. The van der Waals surface area contributed by atoms with Gasteiger partial charge in [0.2, 0.25) is 0 Å². The van der Waals surface area contributed by atoms with E-state index in [0.29, 0.717) is 30.0 Å². The largest absolute Gasteiger partial charge is 1.00 e. The number of anilines is 1. The van der Waals surface area contributed by atoms with E-state index in [0.717, 1.165) is 6.07 Å². The number of benzene rings is 1. The molecule has 0 unspecified atom stereocenters. The van der Waals surface area contributed by atoms with Gasteiger partial charge in [-0.25, -0.2) is 4.98 Å². The fourth-order valence-corrected chi connectivity index (χ4v) is 3.47. The maximum absolute atomic E-state index is 13.7. The summed E-state index contributed by atoms with van der Waals surface area (Å²) in [6, 6.07) is 5.22. The van der Waals surface area contributed by atoms with Crippen LogP contribution < -0.4 is 56.7 Å². The molecule has 4 aromatic rings. The SMILES string of the molecule is C[CH-]C.[CH2-]CN(C[CH2-])Cc1ccc(NC(=O)c2cncc(C#Cc3cnc4cnccn34)c2)cc1C(F)(F)F.[K+]. The standard InChI is InChI=1S/C26H21F3N6O.C3H7.K/c1-3-34(4-2)17-19-6-7-21(12-23(19)26(27,28)29)33-25(36)20-11-18(13-31-14-20)5-8-22-15-32-24-16-30-9-10-35(22)24;1-3-2;/h6-7,9-16H,1-4,17H2,(H,33,36);3H,1-2H3;/q-2;-1;+1. The van der Waals surface area contributed by atoms with E-state index in [2.05, 4.69) is 46.0 Å². The van der Waals surface area contributed by atoms with Crippen molar-refractivity contribution in [1.29, 1.82) is 0 Å². The molecule has 0 atom stereocenters. The van der Waals surface area contributed by atoms with Crippen LogP contribution in [0.15, 0.2) is 61.4 Å². The van der Waals surface area contributed by atoms with Crippen LogP contribution in [0, 0.1) is 32.1 Å². The molecule has 40 heavy (non-hydrogen) atoms. The van der Waals surface area contributed by atoms with Crippen LogP contribution in [0.2, 0.25) is 0 Å². The topological polar surface area (TPSA) is 75.4 Å². The summed E-state index contributed by atoms with van der Waals surface area (Å²) in [6.07, 6.45) is 6.76. The Hall–Kier alpha value is -2.59. The van der Waals surface area contributed by atoms with Gasteiger partial charge in [0.05, 0.1) is 23.5 Å². The quantitative estimate of drug-likeness (QED) is 0.218. The fourth-order valence-electron chi connectivity index (χ4n) is 3.47. The molecule has 7 nitrogen and oxygen atoms in total. The molecular weight excluding hydrogens is 544 g/mol. The number of carbonyl (C=O) groups excluding carboxylic acids is 1. The van der Waals surface area contributed by atoms with Gasteiger partial charge in [-0.1, -0.05) is 12.0 Å². The summed E-state index contributed by atoms with van der Waals surface area (Å²) in [7, 11) is 0. The van der Waals surface area contributed by atoms with Gasteiger partial charge in [0.25, 0.3) is 5.91 Å². The van der Waals surface area contributed by atoms with Crippen molar-refractivity contribution < 1.29 is 69.4 Å². The molecule has 204 valence electrons. The predicted molar refractivity (Wildman–Crippen MR) is 144 cm³/mol.